The number of hydrogen-bond donors (Lipinski definition) is 2. The van der Waals surface area contributed by atoms with Crippen LogP contribution in [0.5, 0.6) is 0 Å². The lowest BCUT2D eigenvalue weighted by Gasteiger charge is -2.27. The molecule has 7 heteroatoms. The van der Waals surface area contributed by atoms with Crippen molar-refractivity contribution < 1.29 is 5.11 Å². The number of pyridine rings is 2. The number of nitrogens with one attached hydrogen (secondary N) is 1. The van der Waals surface area contributed by atoms with Crippen molar-refractivity contribution in [2.45, 2.75) is 32.5 Å². The van der Waals surface area contributed by atoms with Crippen LogP contribution in [0.25, 0.3) is 0 Å². The number of hydrogen-bond acceptors (Lipinski definition) is 4. The lowest BCUT2D eigenvalue weighted by molar-refractivity contribution is 0.222. The van der Waals surface area contributed by atoms with Gasteiger partial charge in [-0.3, -0.25) is 9.97 Å². The van der Waals surface area contributed by atoms with E-state index in [1.165, 1.54) is 17.0 Å². The first-order valence-corrected chi connectivity index (χ1v) is 10.2. The van der Waals surface area contributed by atoms with E-state index in [4.69, 9.17) is 12.2 Å². The summed E-state index contributed by atoms with van der Waals surface area (Å²) < 4.78 is 2.31. The molecule has 0 spiro atoms. The van der Waals surface area contributed by atoms with Gasteiger partial charge in [0.15, 0.2) is 5.11 Å². The summed E-state index contributed by atoms with van der Waals surface area (Å²) in [6.45, 7) is 5.56. The van der Waals surface area contributed by atoms with E-state index in [0.29, 0.717) is 11.7 Å². The molecule has 2 N–H and O–H groups in total. The number of aliphatic hydroxyl groups is 1. The second-order valence-corrected chi connectivity index (χ2v) is 7.70. The fourth-order valence-corrected chi connectivity index (χ4v) is 4.47. The van der Waals surface area contributed by atoms with Crippen molar-refractivity contribution in [3.63, 3.8) is 0 Å². The van der Waals surface area contributed by atoms with Crippen molar-refractivity contribution >= 4 is 17.3 Å². The van der Waals surface area contributed by atoms with Crippen LogP contribution in [-0.4, -0.2) is 42.8 Å². The smallest absolute Gasteiger partial charge is 0.170 e. The third-order valence-corrected chi connectivity index (χ3v) is 5.89. The van der Waals surface area contributed by atoms with Gasteiger partial charge in [-0.2, -0.15) is 0 Å². The van der Waals surface area contributed by atoms with Crippen molar-refractivity contribution in [3.8, 4) is 0 Å². The summed E-state index contributed by atoms with van der Waals surface area (Å²) in [7, 11) is 0. The lowest BCUT2D eigenvalue weighted by Crippen LogP contribution is -2.32. The highest BCUT2D eigenvalue weighted by Crippen LogP contribution is 2.40. The van der Waals surface area contributed by atoms with E-state index in [0.717, 1.165) is 17.8 Å². The van der Waals surface area contributed by atoms with E-state index in [2.05, 4.69) is 50.7 Å². The van der Waals surface area contributed by atoms with E-state index in [1.54, 1.807) is 12.4 Å². The van der Waals surface area contributed by atoms with Crippen LogP contribution >= 0.6 is 12.2 Å². The summed E-state index contributed by atoms with van der Waals surface area (Å²) in [4.78, 5) is 10.9. The van der Waals surface area contributed by atoms with Crippen molar-refractivity contribution in [1.29, 1.82) is 0 Å². The molecule has 6 nitrogen and oxygen atoms in total. The Kier molecular flexibility index (Phi) is 5.60. The van der Waals surface area contributed by atoms with E-state index in [9.17, 15) is 5.11 Å². The van der Waals surface area contributed by atoms with Gasteiger partial charge < -0.3 is 19.9 Å². The molecule has 4 rings (SSSR count). The van der Waals surface area contributed by atoms with Gasteiger partial charge in [-0.25, -0.2) is 0 Å². The SMILES string of the molecule is Cc1cc([C@@H]2[C@H](c3ccccn3)NC(=S)N2CCO)c(C)n1Cc1cccnc1. The number of aliphatic hydroxyl groups excluding tert-OH is 1. The van der Waals surface area contributed by atoms with Gasteiger partial charge in [-0.05, 0) is 61.5 Å². The standard InChI is InChI=1S/C22H25N5OS/c1-15-12-18(16(2)27(15)14-17-6-5-8-23-13-17)21-20(19-7-3-4-9-24-19)25-22(29)26(21)10-11-28/h3-9,12-13,20-21,28H,10-11,14H2,1-2H3,(H,25,29)/t20-,21+/m0/s1. The Hall–Kier alpha value is -2.77. The van der Waals surface area contributed by atoms with E-state index < -0.39 is 0 Å². The van der Waals surface area contributed by atoms with Crippen LogP contribution in [0.15, 0.2) is 55.0 Å². The Bertz CT molecular complexity index is 989. The predicted octanol–water partition coefficient (Wildman–Crippen LogP) is 2.91. The first kappa shape index (κ1) is 19.5. The molecule has 1 aliphatic rings. The molecule has 0 saturated carbocycles. The fourth-order valence-electron chi connectivity index (χ4n) is 4.14. The highest BCUT2D eigenvalue weighted by atomic mass is 32.1. The molecule has 0 unspecified atom stereocenters. The van der Waals surface area contributed by atoms with Crippen LogP contribution in [0.1, 0.15) is 40.3 Å². The molecule has 2 atom stereocenters. The zero-order chi connectivity index (χ0) is 20.4. The lowest BCUT2D eigenvalue weighted by atomic mass is 9.97. The fraction of sp³-hybridized carbons (Fsp3) is 0.318. The molecule has 29 heavy (non-hydrogen) atoms. The third kappa shape index (κ3) is 3.75. The molecule has 150 valence electrons. The van der Waals surface area contributed by atoms with Crippen LogP contribution in [0.3, 0.4) is 0 Å². The summed E-state index contributed by atoms with van der Waals surface area (Å²) in [6.07, 6.45) is 5.50. The van der Waals surface area contributed by atoms with Gasteiger partial charge in [0, 0.05) is 43.1 Å². The van der Waals surface area contributed by atoms with Crippen LogP contribution < -0.4 is 5.32 Å². The number of rotatable bonds is 6. The summed E-state index contributed by atoms with van der Waals surface area (Å²) in [5.41, 5.74) is 5.67. The zero-order valence-corrected chi connectivity index (χ0v) is 17.4. The predicted molar refractivity (Wildman–Crippen MR) is 116 cm³/mol. The number of nitrogens with zero attached hydrogens (tertiary/aromatic N) is 4. The van der Waals surface area contributed by atoms with Crippen molar-refractivity contribution in [2.24, 2.45) is 0 Å². The van der Waals surface area contributed by atoms with Gasteiger partial charge in [0.1, 0.15) is 0 Å². The molecule has 0 radical (unpaired) electrons. The molecular weight excluding hydrogens is 382 g/mol. The van der Waals surface area contributed by atoms with E-state index in [1.807, 2.05) is 30.5 Å². The van der Waals surface area contributed by atoms with Gasteiger partial charge in [-0.15, -0.1) is 0 Å². The largest absolute Gasteiger partial charge is 0.395 e. The monoisotopic (exact) mass is 407 g/mol. The second kappa shape index (κ2) is 8.31. The van der Waals surface area contributed by atoms with Crippen LogP contribution in [0, 0.1) is 13.8 Å². The Morgan fingerprint density at radius 2 is 2.03 bits per heavy atom. The van der Waals surface area contributed by atoms with Gasteiger partial charge in [0.05, 0.1) is 24.4 Å². The van der Waals surface area contributed by atoms with Gasteiger partial charge in [-0.1, -0.05) is 12.1 Å². The normalized spacial score (nSPS) is 18.9. The topological polar surface area (TPSA) is 66.2 Å². The van der Waals surface area contributed by atoms with Crippen LogP contribution in [-0.2, 0) is 6.54 Å². The van der Waals surface area contributed by atoms with Gasteiger partial charge >= 0.3 is 0 Å². The zero-order valence-electron chi connectivity index (χ0n) is 16.6. The molecule has 0 aliphatic carbocycles. The summed E-state index contributed by atoms with van der Waals surface area (Å²) in [5.74, 6) is 0. The van der Waals surface area contributed by atoms with Gasteiger partial charge in [0.2, 0.25) is 0 Å². The highest BCUT2D eigenvalue weighted by Gasteiger charge is 2.40. The molecule has 0 bridgehead atoms. The van der Waals surface area contributed by atoms with E-state index in [-0.39, 0.29) is 18.7 Å². The molecule has 0 aromatic carbocycles. The minimum atomic E-state index is -0.0670. The third-order valence-electron chi connectivity index (χ3n) is 5.53. The second-order valence-electron chi connectivity index (χ2n) is 7.32. The Morgan fingerprint density at radius 3 is 2.72 bits per heavy atom. The first-order chi connectivity index (χ1) is 14.1. The number of aromatic nitrogens is 3. The van der Waals surface area contributed by atoms with Gasteiger partial charge in [0.25, 0.3) is 0 Å². The van der Waals surface area contributed by atoms with Crippen LogP contribution in [0.4, 0.5) is 0 Å². The molecule has 0 amide bonds. The average molecular weight is 408 g/mol. The molecular formula is C22H25N5OS. The summed E-state index contributed by atoms with van der Waals surface area (Å²) in [5, 5.41) is 13.7. The molecule has 1 saturated heterocycles. The average Bonchev–Trinajstić information content (AvgIpc) is 3.21. The number of β-amino-alcohol motifs (C(OH)–C–C–N with tert-alkyl or cyclic N) is 1. The number of aryl methyl sites for hydroxylation is 1. The highest BCUT2D eigenvalue weighted by molar-refractivity contribution is 7.80. The molecule has 4 heterocycles. The quantitative estimate of drug-likeness (QED) is 0.613. The first-order valence-electron chi connectivity index (χ1n) is 9.74. The number of thiocarbonyl (C=S) groups is 1. The summed E-state index contributed by atoms with van der Waals surface area (Å²) in [6, 6.07) is 12.1. The Morgan fingerprint density at radius 1 is 1.17 bits per heavy atom. The molecule has 3 aromatic rings. The molecule has 3 aromatic heterocycles. The Balaban J connectivity index is 1.75. The maximum Gasteiger partial charge on any atom is 0.170 e. The van der Waals surface area contributed by atoms with Crippen molar-refractivity contribution in [3.05, 3.63) is 83.2 Å². The molecule has 1 aliphatic heterocycles. The van der Waals surface area contributed by atoms with Crippen molar-refractivity contribution in [2.75, 3.05) is 13.2 Å². The maximum atomic E-state index is 9.63. The van der Waals surface area contributed by atoms with Crippen molar-refractivity contribution in [1.82, 2.24) is 24.8 Å². The van der Waals surface area contributed by atoms with Crippen LogP contribution in [0.2, 0.25) is 0 Å². The minimum Gasteiger partial charge on any atom is -0.395 e. The molecule has 1 fully saturated rings. The Labute approximate surface area is 176 Å². The minimum absolute atomic E-state index is 0.0293. The summed E-state index contributed by atoms with van der Waals surface area (Å²) >= 11 is 5.61. The van der Waals surface area contributed by atoms with E-state index >= 15 is 0 Å². The maximum absolute atomic E-state index is 9.63.